The van der Waals surface area contributed by atoms with Crippen molar-refractivity contribution in [2.75, 3.05) is 27.7 Å². The van der Waals surface area contributed by atoms with Gasteiger partial charge in [0.1, 0.15) is 0 Å². The Hall–Kier alpha value is 0.0249. The van der Waals surface area contributed by atoms with E-state index in [1.54, 1.807) is 0 Å². The van der Waals surface area contributed by atoms with Crippen LogP contribution in [0.25, 0.3) is 0 Å². The maximum atomic E-state index is 2.23. The van der Waals surface area contributed by atoms with Gasteiger partial charge in [-0.2, -0.15) is 0 Å². The van der Waals surface area contributed by atoms with Gasteiger partial charge < -0.3 is 4.48 Å². The molecular weight excluding hydrogens is 109 g/mol. The summed E-state index contributed by atoms with van der Waals surface area (Å²) < 4.78 is 1.10. The lowest BCUT2D eigenvalue weighted by molar-refractivity contribution is -0.870. The van der Waals surface area contributed by atoms with Crippen molar-refractivity contribution in [1.82, 2.24) is 0 Å². The summed E-state index contributed by atoms with van der Waals surface area (Å²) in [4.78, 5) is 0. The van der Waals surface area contributed by atoms with E-state index in [2.05, 4.69) is 28.1 Å². The van der Waals surface area contributed by atoms with E-state index in [4.69, 9.17) is 0 Å². The second-order valence-electron chi connectivity index (χ2n) is 3.37. The molecule has 53 valence electrons. The average Bonchev–Trinajstić information content (AvgIpc) is 1.59. The molecule has 0 fully saturated rings. The van der Waals surface area contributed by atoms with Crippen molar-refractivity contribution in [3.8, 4) is 0 Å². The van der Waals surface area contributed by atoms with Crippen molar-refractivity contribution >= 4 is 8.41 Å². The molecule has 0 heterocycles. The highest BCUT2D eigenvalue weighted by Crippen LogP contribution is 1.94. The number of rotatable bonds is 3. The number of hydrogen-bond acceptors (Lipinski definition) is 0. The van der Waals surface area contributed by atoms with E-state index in [1.807, 2.05) is 0 Å². The van der Waals surface area contributed by atoms with Crippen LogP contribution in [0.15, 0.2) is 0 Å². The lowest BCUT2D eigenvalue weighted by atomic mass is 10.3. The molecule has 0 saturated heterocycles. The average molecular weight is 127 g/mol. The van der Waals surface area contributed by atoms with Crippen LogP contribution in [-0.4, -0.2) is 40.6 Å². The molecule has 9 heavy (non-hydrogen) atoms. The summed E-state index contributed by atoms with van der Waals surface area (Å²) in [6.45, 7) is 3.53. The molecule has 0 amide bonds. The standard InChI is InChI=1S/C7H18N.B/c1-5-6-7-8(2,3)4;/h5-7H2,1-4H3;/q+1;. The van der Waals surface area contributed by atoms with Gasteiger partial charge >= 0.3 is 0 Å². The predicted molar refractivity (Wildman–Crippen MR) is 43.6 cm³/mol. The molecule has 0 aliphatic carbocycles. The Balaban J connectivity index is 0. The minimum Gasteiger partial charge on any atom is -0.331 e. The molecule has 0 N–H and O–H groups in total. The molecule has 3 radical (unpaired) electrons. The largest absolute Gasteiger partial charge is 0.331 e. The molecular formula is C7H18BN+. The molecule has 0 bridgehead atoms. The van der Waals surface area contributed by atoms with Crippen LogP contribution in [-0.2, 0) is 0 Å². The molecule has 0 aliphatic heterocycles. The zero-order chi connectivity index (χ0) is 6.62. The van der Waals surface area contributed by atoms with Crippen LogP contribution in [0.1, 0.15) is 19.8 Å². The summed E-state index contributed by atoms with van der Waals surface area (Å²) in [5, 5.41) is 0. The molecule has 0 spiro atoms. The molecule has 0 saturated carbocycles. The van der Waals surface area contributed by atoms with Crippen LogP contribution in [0.2, 0.25) is 0 Å². The Morgan fingerprint density at radius 1 is 1.11 bits per heavy atom. The Kier molecular flexibility index (Phi) is 6.36. The van der Waals surface area contributed by atoms with Crippen LogP contribution in [0.3, 0.4) is 0 Å². The maximum absolute atomic E-state index is 2.23. The minimum absolute atomic E-state index is 0. The first-order valence-electron chi connectivity index (χ1n) is 3.36. The zero-order valence-corrected chi connectivity index (χ0v) is 7.15. The van der Waals surface area contributed by atoms with Gasteiger partial charge in [0.2, 0.25) is 0 Å². The van der Waals surface area contributed by atoms with Gasteiger partial charge in [-0.3, -0.25) is 0 Å². The van der Waals surface area contributed by atoms with E-state index < -0.39 is 0 Å². The van der Waals surface area contributed by atoms with Gasteiger partial charge in [0.05, 0.1) is 27.7 Å². The van der Waals surface area contributed by atoms with Gasteiger partial charge in [0, 0.05) is 8.41 Å². The quantitative estimate of drug-likeness (QED) is 0.393. The van der Waals surface area contributed by atoms with Crippen LogP contribution in [0.4, 0.5) is 0 Å². The zero-order valence-electron chi connectivity index (χ0n) is 7.15. The van der Waals surface area contributed by atoms with Gasteiger partial charge in [-0.25, -0.2) is 0 Å². The van der Waals surface area contributed by atoms with E-state index >= 15 is 0 Å². The summed E-state index contributed by atoms with van der Waals surface area (Å²) in [6.07, 6.45) is 2.67. The fraction of sp³-hybridized carbons (Fsp3) is 1.00. The van der Waals surface area contributed by atoms with Crippen LogP contribution >= 0.6 is 0 Å². The molecule has 1 nitrogen and oxygen atoms in total. The number of quaternary nitrogens is 1. The van der Waals surface area contributed by atoms with Gasteiger partial charge in [-0.1, -0.05) is 13.3 Å². The van der Waals surface area contributed by atoms with Crippen molar-refractivity contribution in [1.29, 1.82) is 0 Å². The van der Waals surface area contributed by atoms with Crippen molar-refractivity contribution in [2.45, 2.75) is 19.8 Å². The van der Waals surface area contributed by atoms with E-state index in [-0.39, 0.29) is 8.41 Å². The second kappa shape index (κ2) is 4.86. The number of nitrogens with zero attached hydrogens (tertiary/aromatic N) is 1. The molecule has 0 aromatic rings. The molecule has 0 unspecified atom stereocenters. The van der Waals surface area contributed by atoms with E-state index in [0.717, 1.165) is 4.48 Å². The van der Waals surface area contributed by atoms with Crippen molar-refractivity contribution in [3.05, 3.63) is 0 Å². The lowest BCUT2D eigenvalue weighted by Crippen LogP contribution is -2.35. The summed E-state index contributed by atoms with van der Waals surface area (Å²) >= 11 is 0. The molecule has 0 aromatic carbocycles. The minimum atomic E-state index is 0. The highest BCUT2D eigenvalue weighted by Gasteiger charge is 2.02. The summed E-state index contributed by atoms with van der Waals surface area (Å²) in [6, 6.07) is 0. The van der Waals surface area contributed by atoms with Crippen molar-refractivity contribution in [2.24, 2.45) is 0 Å². The van der Waals surface area contributed by atoms with E-state index in [0.29, 0.717) is 0 Å². The Morgan fingerprint density at radius 2 is 1.56 bits per heavy atom. The topological polar surface area (TPSA) is 0 Å². The molecule has 0 aliphatic rings. The number of unbranched alkanes of at least 4 members (excludes halogenated alkanes) is 1. The van der Waals surface area contributed by atoms with Crippen LogP contribution < -0.4 is 0 Å². The molecule has 2 heteroatoms. The van der Waals surface area contributed by atoms with Crippen LogP contribution in [0.5, 0.6) is 0 Å². The number of hydrogen-bond donors (Lipinski definition) is 0. The maximum Gasteiger partial charge on any atom is 0.0780 e. The third-order valence-corrected chi connectivity index (χ3v) is 1.18. The molecule has 0 aromatic heterocycles. The van der Waals surface area contributed by atoms with E-state index in [1.165, 1.54) is 19.4 Å². The Morgan fingerprint density at radius 3 is 1.67 bits per heavy atom. The van der Waals surface area contributed by atoms with Gasteiger partial charge in [-0.15, -0.1) is 0 Å². The van der Waals surface area contributed by atoms with Gasteiger partial charge in [-0.05, 0) is 6.42 Å². The van der Waals surface area contributed by atoms with Crippen molar-refractivity contribution < 1.29 is 4.48 Å². The van der Waals surface area contributed by atoms with Crippen molar-refractivity contribution in [3.63, 3.8) is 0 Å². The summed E-state index contributed by atoms with van der Waals surface area (Å²) in [5.41, 5.74) is 0. The Bertz CT molecular complexity index is 56.4. The van der Waals surface area contributed by atoms with E-state index in [9.17, 15) is 0 Å². The summed E-state index contributed by atoms with van der Waals surface area (Å²) in [5.74, 6) is 0. The first kappa shape index (κ1) is 11.8. The van der Waals surface area contributed by atoms with Gasteiger partial charge in [0.25, 0.3) is 0 Å². The predicted octanol–water partition coefficient (Wildman–Crippen LogP) is 1.11. The van der Waals surface area contributed by atoms with Gasteiger partial charge in [0.15, 0.2) is 0 Å². The third-order valence-electron chi connectivity index (χ3n) is 1.18. The highest BCUT2D eigenvalue weighted by atomic mass is 15.3. The molecule has 0 atom stereocenters. The Labute approximate surface area is 61.2 Å². The molecule has 0 rings (SSSR count). The SMILES string of the molecule is CCCC[N+](C)(C)C.[B]. The fourth-order valence-corrected chi connectivity index (χ4v) is 0.632. The smallest absolute Gasteiger partial charge is 0.0780 e. The second-order valence-corrected chi connectivity index (χ2v) is 3.37. The van der Waals surface area contributed by atoms with Crippen LogP contribution in [0, 0.1) is 0 Å². The first-order valence-corrected chi connectivity index (χ1v) is 3.36. The first-order chi connectivity index (χ1) is 3.56. The normalized spacial score (nSPS) is 10.7. The fourth-order valence-electron chi connectivity index (χ4n) is 0.632. The highest BCUT2D eigenvalue weighted by molar-refractivity contribution is 5.75. The summed E-state index contributed by atoms with van der Waals surface area (Å²) in [7, 11) is 6.70. The monoisotopic (exact) mass is 127 g/mol. The third kappa shape index (κ3) is 11.5. The lowest BCUT2D eigenvalue weighted by Gasteiger charge is -2.23.